The van der Waals surface area contributed by atoms with Crippen molar-refractivity contribution >= 4 is 11.8 Å². The number of hydrogen-bond acceptors (Lipinski definition) is 5. The van der Waals surface area contributed by atoms with Crippen LogP contribution in [-0.4, -0.2) is 64.7 Å². The topological polar surface area (TPSA) is 72.0 Å². The molecular formula is C18H23N3O4. The van der Waals surface area contributed by atoms with Crippen molar-refractivity contribution in [2.45, 2.75) is 44.5 Å². The summed E-state index contributed by atoms with van der Waals surface area (Å²) in [5, 5.41) is 0. The van der Waals surface area contributed by atoms with Gasteiger partial charge in [0.15, 0.2) is 5.72 Å². The maximum atomic E-state index is 13.0. The molecule has 7 nitrogen and oxygen atoms in total. The molecule has 0 aliphatic carbocycles. The highest BCUT2D eigenvalue weighted by Crippen LogP contribution is 2.49. The molecule has 25 heavy (non-hydrogen) atoms. The molecule has 3 saturated heterocycles. The van der Waals surface area contributed by atoms with E-state index in [9.17, 15) is 9.59 Å². The third kappa shape index (κ3) is 2.25. The van der Waals surface area contributed by atoms with Crippen LogP contribution in [0.4, 0.5) is 0 Å². The van der Waals surface area contributed by atoms with E-state index in [-0.39, 0.29) is 23.9 Å². The first-order chi connectivity index (χ1) is 12.0. The zero-order valence-electron chi connectivity index (χ0n) is 14.8. The Morgan fingerprint density at radius 3 is 2.88 bits per heavy atom. The smallest absolute Gasteiger partial charge is 0.255 e. The molecule has 1 aromatic heterocycles. The highest BCUT2D eigenvalue weighted by atomic mass is 16.5. The molecule has 4 heterocycles. The number of hydrogen-bond donors (Lipinski definition) is 0. The van der Waals surface area contributed by atoms with Gasteiger partial charge >= 0.3 is 0 Å². The van der Waals surface area contributed by atoms with Crippen molar-refractivity contribution < 1.29 is 19.1 Å². The summed E-state index contributed by atoms with van der Waals surface area (Å²) in [7, 11) is 1.54. The number of amides is 2. The molecule has 0 unspecified atom stereocenters. The van der Waals surface area contributed by atoms with Crippen LogP contribution < -0.4 is 4.74 Å². The molecule has 0 radical (unpaired) electrons. The van der Waals surface area contributed by atoms with Gasteiger partial charge in [0.25, 0.3) is 5.91 Å². The molecule has 3 fully saturated rings. The first kappa shape index (κ1) is 16.3. The SMILES string of the molecule is COc1ccc(C(=O)N2CC[C@@]34OC[C@@H](C(C)C)N3C(=O)C[C@@H]24)cn1. The average molecular weight is 345 g/mol. The summed E-state index contributed by atoms with van der Waals surface area (Å²) in [5.74, 6) is 0.781. The Labute approximate surface area is 146 Å². The van der Waals surface area contributed by atoms with Gasteiger partial charge < -0.3 is 19.3 Å². The second kappa shape index (κ2) is 5.69. The van der Waals surface area contributed by atoms with E-state index in [1.54, 1.807) is 17.0 Å². The maximum Gasteiger partial charge on any atom is 0.255 e. The van der Waals surface area contributed by atoms with Crippen molar-refractivity contribution in [1.29, 1.82) is 0 Å². The number of likely N-dealkylation sites (tertiary alicyclic amines) is 1. The number of carbonyl (C=O) groups is 2. The molecule has 3 atom stereocenters. The lowest BCUT2D eigenvalue weighted by molar-refractivity contribution is -0.139. The minimum absolute atomic E-state index is 0.0894. The average Bonchev–Trinajstić information content (AvgIpc) is 3.23. The number of rotatable bonds is 3. The number of aromatic nitrogens is 1. The van der Waals surface area contributed by atoms with E-state index in [1.165, 1.54) is 13.3 Å². The summed E-state index contributed by atoms with van der Waals surface area (Å²) < 4.78 is 11.2. The van der Waals surface area contributed by atoms with Gasteiger partial charge in [-0.15, -0.1) is 0 Å². The Bertz CT molecular complexity index is 705. The maximum absolute atomic E-state index is 13.0. The summed E-state index contributed by atoms with van der Waals surface area (Å²) in [6.45, 7) is 5.35. The molecule has 2 amide bonds. The fourth-order valence-electron chi connectivity index (χ4n) is 4.41. The summed E-state index contributed by atoms with van der Waals surface area (Å²) in [6, 6.07) is 3.25. The molecule has 3 aliphatic heterocycles. The molecule has 7 heteroatoms. The van der Waals surface area contributed by atoms with Crippen LogP contribution in [0.3, 0.4) is 0 Å². The summed E-state index contributed by atoms with van der Waals surface area (Å²) in [6.07, 6.45) is 2.52. The fourth-order valence-corrected chi connectivity index (χ4v) is 4.41. The largest absolute Gasteiger partial charge is 0.481 e. The molecule has 1 aromatic rings. The second-order valence-electron chi connectivity index (χ2n) is 7.29. The molecule has 0 N–H and O–H groups in total. The van der Waals surface area contributed by atoms with E-state index in [1.807, 2.05) is 4.90 Å². The third-order valence-corrected chi connectivity index (χ3v) is 5.71. The van der Waals surface area contributed by atoms with E-state index >= 15 is 0 Å². The molecule has 4 rings (SSSR count). The summed E-state index contributed by atoms with van der Waals surface area (Å²) in [4.78, 5) is 33.4. The molecule has 0 bridgehead atoms. The molecule has 1 spiro atoms. The lowest BCUT2D eigenvalue weighted by Gasteiger charge is -2.34. The monoisotopic (exact) mass is 345 g/mol. The van der Waals surface area contributed by atoms with E-state index in [0.29, 0.717) is 43.4 Å². The van der Waals surface area contributed by atoms with E-state index < -0.39 is 5.72 Å². The quantitative estimate of drug-likeness (QED) is 0.825. The van der Waals surface area contributed by atoms with Crippen LogP contribution in [0.2, 0.25) is 0 Å². The van der Waals surface area contributed by atoms with Gasteiger partial charge in [-0.25, -0.2) is 4.98 Å². The third-order valence-electron chi connectivity index (χ3n) is 5.71. The number of nitrogens with zero attached hydrogens (tertiary/aromatic N) is 3. The molecular weight excluding hydrogens is 322 g/mol. The highest BCUT2D eigenvalue weighted by Gasteiger charge is 2.65. The Kier molecular flexibility index (Phi) is 3.72. The fraction of sp³-hybridized carbons (Fsp3) is 0.611. The van der Waals surface area contributed by atoms with Gasteiger partial charge in [-0.3, -0.25) is 9.59 Å². The molecule has 3 aliphatic rings. The Morgan fingerprint density at radius 2 is 2.24 bits per heavy atom. The van der Waals surface area contributed by atoms with Crippen LogP contribution in [-0.2, 0) is 9.53 Å². The number of ether oxygens (including phenoxy) is 2. The van der Waals surface area contributed by atoms with E-state index in [2.05, 4.69) is 18.8 Å². The first-order valence-corrected chi connectivity index (χ1v) is 8.75. The van der Waals surface area contributed by atoms with Crippen molar-refractivity contribution in [3.8, 4) is 5.88 Å². The standard InChI is InChI=1S/C18H23N3O4/c1-11(2)13-10-25-18-6-7-20(14(18)8-16(22)21(13)18)17(23)12-4-5-15(24-3)19-9-12/h4-5,9,11,13-14H,6-8,10H2,1-3H3/t13-,14+,18-/m0/s1. The highest BCUT2D eigenvalue weighted by molar-refractivity contribution is 5.95. The predicted octanol–water partition coefficient (Wildman–Crippen LogP) is 1.29. The van der Waals surface area contributed by atoms with Crippen LogP contribution >= 0.6 is 0 Å². The first-order valence-electron chi connectivity index (χ1n) is 8.75. The van der Waals surface area contributed by atoms with Crippen LogP contribution in [0.15, 0.2) is 18.3 Å². The van der Waals surface area contributed by atoms with Crippen LogP contribution in [0.1, 0.15) is 37.0 Å². The normalized spacial score (nSPS) is 30.8. The van der Waals surface area contributed by atoms with Gasteiger partial charge in [-0.05, 0) is 12.0 Å². The number of carbonyl (C=O) groups excluding carboxylic acids is 2. The zero-order chi connectivity index (χ0) is 17.8. The van der Waals surface area contributed by atoms with Gasteiger partial charge in [0.2, 0.25) is 11.8 Å². The Hall–Kier alpha value is -2.15. The summed E-state index contributed by atoms with van der Waals surface area (Å²) in [5.41, 5.74) is -0.135. The molecule has 134 valence electrons. The van der Waals surface area contributed by atoms with Crippen molar-refractivity contribution in [2.24, 2.45) is 5.92 Å². The molecule has 0 saturated carbocycles. The minimum Gasteiger partial charge on any atom is -0.481 e. The van der Waals surface area contributed by atoms with Crippen molar-refractivity contribution in [1.82, 2.24) is 14.8 Å². The van der Waals surface area contributed by atoms with E-state index in [4.69, 9.17) is 9.47 Å². The summed E-state index contributed by atoms with van der Waals surface area (Å²) >= 11 is 0. The van der Waals surface area contributed by atoms with Gasteiger partial charge in [-0.2, -0.15) is 0 Å². The van der Waals surface area contributed by atoms with Gasteiger partial charge in [0.05, 0.1) is 37.8 Å². The lowest BCUT2D eigenvalue weighted by Crippen LogP contribution is -2.51. The predicted molar refractivity (Wildman–Crippen MR) is 89.0 cm³/mol. The molecule has 0 aromatic carbocycles. The number of methoxy groups -OCH3 is 1. The van der Waals surface area contributed by atoms with Crippen molar-refractivity contribution in [3.05, 3.63) is 23.9 Å². The van der Waals surface area contributed by atoms with E-state index in [0.717, 1.165) is 0 Å². The van der Waals surface area contributed by atoms with Crippen molar-refractivity contribution in [2.75, 3.05) is 20.3 Å². The second-order valence-corrected chi connectivity index (χ2v) is 7.29. The minimum atomic E-state index is -0.637. The van der Waals surface area contributed by atoms with Crippen LogP contribution in [0.5, 0.6) is 5.88 Å². The van der Waals surface area contributed by atoms with Crippen LogP contribution in [0.25, 0.3) is 0 Å². The zero-order valence-corrected chi connectivity index (χ0v) is 14.8. The Morgan fingerprint density at radius 1 is 1.44 bits per heavy atom. The van der Waals surface area contributed by atoms with Gasteiger partial charge in [0, 0.05) is 25.2 Å². The van der Waals surface area contributed by atoms with Gasteiger partial charge in [-0.1, -0.05) is 13.8 Å². The van der Waals surface area contributed by atoms with Gasteiger partial charge in [0.1, 0.15) is 0 Å². The number of pyridine rings is 1. The van der Waals surface area contributed by atoms with Crippen LogP contribution in [0, 0.1) is 5.92 Å². The Balaban J connectivity index is 1.60. The lowest BCUT2D eigenvalue weighted by atomic mass is 10.0. The van der Waals surface area contributed by atoms with Crippen molar-refractivity contribution in [3.63, 3.8) is 0 Å².